The van der Waals surface area contributed by atoms with E-state index >= 15 is 0 Å². The van der Waals surface area contributed by atoms with Gasteiger partial charge in [0.1, 0.15) is 11.5 Å². The predicted octanol–water partition coefficient (Wildman–Crippen LogP) is 5.52. The van der Waals surface area contributed by atoms with Crippen LogP contribution >= 0.6 is 0 Å². The molecule has 2 aromatic rings. The second kappa shape index (κ2) is 13.7. The fourth-order valence-electron chi connectivity index (χ4n) is 3.65. The number of carbonyl (C=O) groups excluding carboxylic acids is 1. The third kappa shape index (κ3) is 8.97. The lowest BCUT2D eigenvalue weighted by molar-refractivity contribution is -0.154. The first-order valence-electron chi connectivity index (χ1n) is 12.0. The minimum Gasteiger partial charge on any atom is -0.478 e. The Morgan fingerprint density at radius 2 is 1.97 bits per heavy atom. The summed E-state index contributed by atoms with van der Waals surface area (Å²) in [5.74, 6) is -0.266. The van der Waals surface area contributed by atoms with Gasteiger partial charge in [0.25, 0.3) is 0 Å². The Morgan fingerprint density at radius 1 is 1.15 bits per heavy atom. The lowest BCUT2D eigenvalue weighted by Gasteiger charge is -2.26. The van der Waals surface area contributed by atoms with Gasteiger partial charge in [-0.25, -0.2) is 4.79 Å². The van der Waals surface area contributed by atoms with Crippen molar-refractivity contribution in [1.29, 1.82) is 0 Å². The molecule has 0 bridgehead atoms. The van der Waals surface area contributed by atoms with Crippen LogP contribution in [0.5, 0.6) is 5.75 Å². The molecule has 33 heavy (non-hydrogen) atoms. The molecular formula is C27H38N2O4. The molecule has 2 rings (SSSR count). The monoisotopic (exact) mass is 454 g/mol. The number of benzene rings is 1. The summed E-state index contributed by atoms with van der Waals surface area (Å²) in [7, 11) is 0. The molecule has 6 nitrogen and oxygen atoms in total. The Kier molecular flexibility index (Phi) is 11.0. The van der Waals surface area contributed by atoms with E-state index in [0.29, 0.717) is 31.6 Å². The average Bonchev–Trinajstić information content (AvgIpc) is 2.82. The number of carbonyl (C=O) groups is 2. The second-order valence-corrected chi connectivity index (χ2v) is 8.74. The maximum atomic E-state index is 12.7. The molecular weight excluding hydrogens is 416 g/mol. The van der Waals surface area contributed by atoms with E-state index in [9.17, 15) is 14.7 Å². The van der Waals surface area contributed by atoms with E-state index in [1.807, 2.05) is 36.5 Å². The molecule has 0 aliphatic carbocycles. The van der Waals surface area contributed by atoms with Crippen LogP contribution in [0, 0.1) is 0 Å². The van der Waals surface area contributed by atoms with Crippen molar-refractivity contribution >= 4 is 11.8 Å². The van der Waals surface area contributed by atoms with Crippen LogP contribution in [0.1, 0.15) is 82.9 Å². The topological polar surface area (TPSA) is 88.5 Å². The lowest BCUT2D eigenvalue weighted by atomic mass is 9.97. The molecule has 0 spiro atoms. The number of nitrogens with one attached hydrogen (secondary N) is 1. The molecule has 2 atom stereocenters. The summed E-state index contributed by atoms with van der Waals surface area (Å²) in [5.41, 5.74) is 0.757. The van der Waals surface area contributed by atoms with Crippen LogP contribution in [0.25, 0.3) is 0 Å². The van der Waals surface area contributed by atoms with E-state index in [-0.39, 0.29) is 11.8 Å². The van der Waals surface area contributed by atoms with E-state index in [0.717, 1.165) is 43.2 Å². The standard InChI is InChI=1S/C27H38N2O4/c1-4-6-7-8-13-23(30)19-25(29-17-15-21-11-10-16-28-20-21)22-12-9-14-24(18-22)33-27(3,5-2)26(31)32/h9-12,14,16,18,20,25,29H,4-8,13,15,17,19H2,1-3H3,(H,31,32). The molecule has 180 valence electrons. The molecule has 0 aliphatic heterocycles. The molecule has 2 N–H and O–H groups in total. The minimum atomic E-state index is -1.29. The number of hydrogen-bond acceptors (Lipinski definition) is 5. The fraction of sp³-hybridized carbons (Fsp3) is 0.519. The van der Waals surface area contributed by atoms with Gasteiger partial charge in [-0.2, -0.15) is 0 Å². The van der Waals surface area contributed by atoms with E-state index < -0.39 is 11.6 Å². The second-order valence-electron chi connectivity index (χ2n) is 8.74. The number of ether oxygens (including phenoxy) is 1. The van der Waals surface area contributed by atoms with Crippen molar-refractivity contribution in [1.82, 2.24) is 10.3 Å². The molecule has 0 saturated carbocycles. The largest absolute Gasteiger partial charge is 0.478 e. The number of carboxylic acids is 1. The summed E-state index contributed by atoms with van der Waals surface area (Å²) in [4.78, 5) is 28.5. The number of ketones is 1. The van der Waals surface area contributed by atoms with Crippen molar-refractivity contribution in [2.45, 2.75) is 83.8 Å². The Balaban J connectivity index is 2.12. The molecule has 0 amide bonds. The van der Waals surface area contributed by atoms with Gasteiger partial charge in [0, 0.05) is 31.3 Å². The Morgan fingerprint density at radius 3 is 2.64 bits per heavy atom. The third-order valence-electron chi connectivity index (χ3n) is 6.00. The van der Waals surface area contributed by atoms with Crippen LogP contribution in [0.15, 0.2) is 48.8 Å². The summed E-state index contributed by atoms with van der Waals surface area (Å²) in [6, 6.07) is 11.2. The number of aliphatic carboxylic acids is 1. The highest BCUT2D eigenvalue weighted by Gasteiger charge is 2.33. The molecule has 0 radical (unpaired) electrons. The Labute approximate surface area is 197 Å². The first-order valence-corrected chi connectivity index (χ1v) is 12.0. The van der Waals surface area contributed by atoms with Gasteiger partial charge in [0.05, 0.1) is 0 Å². The molecule has 0 aliphatic rings. The van der Waals surface area contributed by atoms with Crippen molar-refractivity contribution in [3.63, 3.8) is 0 Å². The highest BCUT2D eigenvalue weighted by Crippen LogP contribution is 2.27. The number of carboxylic acid groups (broad SMARTS) is 1. The Bertz CT molecular complexity index is 871. The fourth-order valence-corrected chi connectivity index (χ4v) is 3.65. The number of Topliss-reactive ketones (excluding diaryl/α,β-unsaturated/α-hetero) is 1. The van der Waals surface area contributed by atoms with Crippen LogP contribution in [-0.2, 0) is 16.0 Å². The summed E-state index contributed by atoms with van der Waals surface area (Å²) in [6.45, 7) is 6.22. The van der Waals surface area contributed by atoms with Crippen LogP contribution in [0.4, 0.5) is 0 Å². The van der Waals surface area contributed by atoms with E-state index in [1.54, 1.807) is 26.1 Å². The van der Waals surface area contributed by atoms with Crippen LogP contribution < -0.4 is 10.1 Å². The minimum absolute atomic E-state index is 0.165. The van der Waals surface area contributed by atoms with Crippen molar-refractivity contribution in [2.75, 3.05) is 6.54 Å². The van der Waals surface area contributed by atoms with Crippen LogP contribution in [-0.4, -0.2) is 34.0 Å². The molecule has 6 heteroatoms. The molecule has 1 aromatic carbocycles. The average molecular weight is 455 g/mol. The summed E-state index contributed by atoms with van der Waals surface area (Å²) >= 11 is 0. The van der Waals surface area contributed by atoms with E-state index in [1.165, 1.54) is 0 Å². The SMILES string of the molecule is CCCCCCC(=O)CC(NCCc1cccnc1)c1cccc(OC(C)(CC)C(=O)O)c1. The van der Waals surface area contributed by atoms with E-state index in [4.69, 9.17) is 4.74 Å². The molecule has 1 heterocycles. The molecule has 1 aromatic heterocycles. The van der Waals surface area contributed by atoms with Gasteiger partial charge in [-0.15, -0.1) is 0 Å². The smallest absolute Gasteiger partial charge is 0.347 e. The van der Waals surface area contributed by atoms with E-state index in [2.05, 4.69) is 17.2 Å². The number of unbranched alkanes of at least 4 members (excludes halogenated alkanes) is 3. The maximum absolute atomic E-state index is 12.7. The molecule has 0 fully saturated rings. The van der Waals surface area contributed by atoms with Crippen molar-refractivity contribution in [2.24, 2.45) is 0 Å². The normalized spacial score (nSPS) is 13.8. The number of hydrogen-bond donors (Lipinski definition) is 2. The van der Waals surface area contributed by atoms with Gasteiger partial charge in [0.15, 0.2) is 0 Å². The van der Waals surface area contributed by atoms with Crippen molar-refractivity contribution in [3.05, 3.63) is 59.9 Å². The highest BCUT2D eigenvalue weighted by molar-refractivity contribution is 5.79. The molecule has 0 saturated heterocycles. The number of nitrogens with zero attached hydrogens (tertiary/aromatic N) is 1. The zero-order valence-electron chi connectivity index (χ0n) is 20.2. The van der Waals surface area contributed by atoms with Crippen molar-refractivity contribution in [3.8, 4) is 5.75 Å². The zero-order valence-corrected chi connectivity index (χ0v) is 20.2. The van der Waals surface area contributed by atoms with Crippen molar-refractivity contribution < 1.29 is 19.4 Å². The van der Waals surface area contributed by atoms with Gasteiger partial charge < -0.3 is 15.2 Å². The quantitative estimate of drug-likeness (QED) is 0.325. The number of aromatic nitrogens is 1. The maximum Gasteiger partial charge on any atom is 0.347 e. The molecule has 2 unspecified atom stereocenters. The number of pyridine rings is 1. The van der Waals surface area contributed by atoms with Gasteiger partial charge in [-0.3, -0.25) is 9.78 Å². The van der Waals surface area contributed by atoms with Crippen LogP contribution in [0.3, 0.4) is 0 Å². The first-order chi connectivity index (χ1) is 15.9. The number of rotatable bonds is 16. The first kappa shape index (κ1) is 26.5. The lowest BCUT2D eigenvalue weighted by Crippen LogP contribution is -2.40. The third-order valence-corrected chi connectivity index (χ3v) is 6.00. The highest BCUT2D eigenvalue weighted by atomic mass is 16.5. The zero-order chi connectivity index (χ0) is 24.1. The predicted molar refractivity (Wildman–Crippen MR) is 130 cm³/mol. The van der Waals surface area contributed by atoms with Crippen LogP contribution in [0.2, 0.25) is 0 Å². The summed E-state index contributed by atoms with van der Waals surface area (Å²) < 4.78 is 5.85. The van der Waals surface area contributed by atoms with Gasteiger partial charge >= 0.3 is 5.97 Å². The summed E-state index contributed by atoms with van der Waals surface area (Å²) in [6.07, 6.45) is 10.0. The van der Waals surface area contributed by atoms with Gasteiger partial charge in [-0.1, -0.05) is 51.3 Å². The van der Waals surface area contributed by atoms with Gasteiger partial charge in [-0.05, 0) is 62.1 Å². The summed E-state index contributed by atoms with van der Waals surface area (Å²) in [5, 5.41) is 13.1. The van der Waals surface area contributed by atoms with Gasteiger partial charge in [0.2, 0.25) is 5.60 Å². The Hall–Kier alpha value is -2.73.